The van der Waals surface area contributed by atoms with Crippen LogP contribution in [-0.2, 0) is 4.79 Å². The summed E-state index contributed by atoms with van der Waals surface area (Å²) in [5, 5.41) is 0. The fraction of sp³-hybridized carbons (Fsp3) is 0.700. The fourth-order valence-electron chi connectivity index (χ4n) is 1.52. The summed E-state index contributed by atoms with van der Waals surface area (Å²) in [6.45, 7) is 0. The van der Waals surface area contributed by atoms with Crippen molar-refractivity contribution in [3.63, 3.8) is 0 Å². The minimum Gasteiger partial charge on any atom is -0.384 e. The number of carbonyl (C=O) groups is 1. The van der Waals surface area contributed by atoms with Gasteiger partial charge < -0.3 is 4.90 Å². The predicted molar refractivity (Wildman–Crippen MR) is 49.8 cm³/mol. The van der Waals surface area contributed by atoms with Crippen LogP contribution in [0.1, 0.15) is 25.7 Å². The van der Waals surface area contributed by atoms with Crippen LogP contribution < -0.4 is 0 Å². The molecule has 0 saturated heterocycles. The zero-order valence-electron chi connectivity index (χ0n) is 7.92. The molecule has 68 valence electrons. The maximum atomic E-state index is 11.1. The van der Waals surface area contributed by atoms with E-state index in [0.717, 1.165) is 19.3 Å². The van der Waals surface area contributed by atoms with E-state index >= 15 is 0 Å². The monoisotopic (exact) mass is 167 g/mol. The first kappa shape index (κ1) is 9.30. The SMILES string of the molecule is CN(C)/C=C/C1CCCC(=O)C1. The highest BCUT2D eigenvalue weighted by Gasteiger charge is 2.16. The molecule has 1 aliphatic carbocycles. The Morgan fingerprint density at radius 2 is 2.25 bits per heavy atom. The highest BCUT2D eigenvalue weighted by molar-refractivity contribution is 5.79. The molecule has 1 unspecified atom stereocenters. The average Bonchev–Trinajstić information content (AvgIpc) is 2.01. The van der Waals surface area contributed by atoms with Gasteiger partial charge in [-0.3, -0.25) is 4.79 Å². The summed E-state index contributed by atoms with van der Waals surface area (Å²) in [5.41, 5.74) is 0. The van der Waals surface area contributed by atoms with Crippen molar-refractivity contribution in [2.24, 2.45) is 5.92 Å². The van der Waals surface area contributed by atoms with Crippen molar-refractivity contribution in [3.8, 4) is 0 Å². The Balaban J connectivity index is 2.36. The molecule has 0 aromatic heterocycles. The molecule has 1 saturated carbocycles. The molecular weight excluding hydrogens is 150 g/mol. The van der Waals surface area contributed by atoms with E-state index in [4.69, 9.17) is 0 Å². The highest BCUT2D eigenvalue weighted by atomic mass is 16.1. The van der Waals surface area contributed by atoms with Gasteiger partial charge in [-0.1, -0.05) is 6.08 Å². The number of carbonyl (C=O) groups excluding carboxylic acids is 1. The molecule has 0 heterocycles. The smallest absolute Gasteiger partial charge is 0.133 e. The van der Waals surface area contributed by atoms with Crippen molar-refractivity contribution in [1.82, 2.24) is 4.90 Å². The lowest BCUT2D eigenvalue weighted by Gasteiger charge is -2.17. The van der Waals surface area contributed by atoms with Gasteiger partial charge in [0, 0.05) is 26.9 Å². The minimum absolute atomic E-state index is 0.426. The van der Waals surface area contributed by atoms with Crippen LogP contribution >= 0.6 is 0 Å². The van der Waals surface area contributed by atoms with Crippen LogP contribution in [0.5, 0.6) is 0 Å². The molecule has 0 N–H and O–H groups in total. The van der Waals surface area contributed by atoms with Crippen molar-refractivity contribution < 1.29 is 4.79 Å². The number of nitrogens with zero attached hydrogens (tertiary/aromatic N) is 1. The second-order valence-electron chi connectivity index (χ2n) is 3.70. The molecule has 2 nitrogen and oxygen atoms in total. The molecule has 1 rings (SSSR count). The molecule has 1 atom stereocenters. The van der Waals surface area contributed by atoms with Crippen molar-refractivity contribution in [1.29, 1.82) is 0 Å². The van der Waals surface area contributed by atoms with E-state index < -0.39 is 0 Å². The first-order valence-corrected chi connectivity index (χ1v) is 4.55. The molecule has 0 spiro atoms. The molecule has 1 fully saturated rings. The maximum absolute atomic E-state index is 11.1. The fourth-order valence-corrected chi connectivity index (χ4v) is 1.52. The first-order valence-electron chi connectivity index (χ1n) is 4.55. The van der Waals surface area contributed by atoms with E-state index in [1.165, 1.54) is 6.42 Å². The van der Waals surface area contributed by atoms with Crippen LogP contribution in [-0.4, -0.2) is 24.8 Å². The van der Waals surface area contributed by atoms with E-state index in [1.54, 1.807) is 0 Å². The summed E-state index contributed by atoms with van der Waals surface area (Å²) in [6.07, 6.45) is 7.99. The summed E-state index contributed by atoms with van der Waals surface area (Å²) < 4.78 is 0. The van der Waals surface area contributed by atoms with Crippen LogP contribution in [0.4, 0.5) is 0 Å². The molecule has 0 aliphatic heterocycles. The third-order valence-electron chi connectivity index (χ3n) is 2.18. The van der Waals surface area contributed by atoms with Crippen molar-refractivity contribution in [2.45, 2.75) is 25.7 Å². The first-order chi connectivity index (χ1) is 5.68. The number of hydrogen-bond donors (Lipinski definition) is 0. The average molecular weight is 167 g/mol. The molecule has 0 radical (unpaired) electrons. The minimum atomic E-state index is 0.426. The number of hydrogen-bond acceptors (Lipinski definition) is 2. The molecule has 12 heavy (non-hydrogen) atoms. The van der Waals surface area contributed by atoms with Gasteiger partial charge >= 0.3 is 0 Å². The van der Waals surface area contributed by atoms with Gasteiger partial charge in [-0.05, 0) is 25.0 Å². The Labute approximate surface area is 74.2 Å². The zero-order valence-corrected chi connectivity index (χ0v) is 7.92. The second kappa shape index (κ2) is 4.29. The summed E-state index contributed by atoms with van der Waals surface area (Å²) >= 11 is 0. The maximum Gasteiger partial charge on any atom is 0.133 e. The number of Topliss-reactive ketones (excluding diaryl/α,β-unsaturated/α-hetero) is 1. The van der Waals surface area contributed by atoms with Crippen molar-refractivity contribution >= 4 is 5.78 Å². The quantitative estimate of drug-likeness (QED) is 0.625. The van der Waals surface area contributed by atoms with Gasteiger partial charge in [0.05, 0.1) is 0 Å². The number of rotatable bonds is 2. The van der Waals surface area contributed by atoms with E-state index in [2.05, 4.69) is 6.08 Å². The van der Waals surface area contributed by atoms with Crippen LogP contribution in [0.25, 0.3) is 0 Å². The van der Waals surface area contributed by atoms with Gasteiger partial charge in [-0.2, -0.15) is 0 Å². The van der Waals surface area contributed by atoms with E-state index in [-0.39, 0.29) is 0 Å². The molecule has 0 aromatic rings. The van der Waals surface area contributed by atoms with Crippen LogP contribution in [0, 0.1) is 5.92 Å². The Kier molecular flexibility index (Phi) is 3.32. The third-order valence-corrected chi connectivity index (χ3v) is 2.18. The van der Waals surface area contributed by atoms with Crippen molar-refractivity contribution in [2.75, 3.05) is 14.1 Å². The summed E-state index contributed by atoms with van der Waals surface area (Å²) in [6, 6.07) is 0. The van der Waals surface area contributed by atoms with E-state index in [9.17, 15) is 4.79 Å². The zero-order chi connectivity index (χ0) is 8.97. The molecule has 2 heteroatoms. The Hall–Kier alpha value is -0.790. The molecular formula is C10H17NO. The largest absolute Gasteiger partial charge is 0.384 e. The molecule has 0 aromatic carbocycles. The van der Waals surface area contributed by atoms with Crippen LogP contribution in [0.15, 0.2) is 12.3 Å². The number of ketones is 1. The van der Waals surface area contributed by atoms with Gasteiger partial charge in [0.1, 0.15) is 5.78 Å². The summed E-state index contributed by atoms with van der Waals surface area (Å²) in [5.74, 6) is 0.920. The second-order valence-corrected chi connectivity index (χ2v) is 3.70. The van der Waals surface area contributed by atoms with Gasteiger partial charge in [-0.15, -0.1) is 0 Å². The van der Waals surface area contributed by atoms with E-state index in [1.807, 2.05) is 25.2 Å². The van der Waals surface area contributed by atoms with Gasteiger partial charge in [0.25, 0.3) is 0 Å². The topological polar surface area (TPSA) is 20.3 Å². The lowest BCUT2D eigenvalue weighted by Crippen LogP contribution is -2.13. The highest BCUT2D eigenvalue weighted by Crippen LogP contribution is 2.22. The van der Waals surface area contributed by atoms with Crippen molar-refractivity contribution in [3.05, 3.63) is 12.3 Å². The summed E-state index contributed by atoms with van der Waals surface area (Å²) in [7, 11) is 4.00. The van der Waals surface area contributed by atoms with Crippen LogP contribution in [0.2, 0.25) is 0 Å². The van der Waals surface area contributed by atoms with E-state index in [0.29, 0.717) is 11.7 Å². The Bertz CT molecular complexity index is 184. The van der Waals surface area contributed by atoms with Gasteiger partial charge in [0.2, 0.25) is 0 Å². The predicted octanol–water partition coefficient (Wildman–Crippen LogP) is 1.82. The summed E-state index contributed by atoms with van der Waals surface area (Å²) in [4.78, 5) is 13.1. The lowest BCUT2D eigenvalue weighted by molar-refractivity contribution is -0.121. The van der Waals surface area contributed by atoms with Crippen LogP contribution in [0.3, 0.4) is 0 Å². The van der Waals surface area contributed by atoms with Gasteiger partial charge in [-0.25, -0.2) is 0 Å². The Morgan fingerprint density at radius 1 is 1.50 bits per heavy atom. The van der Waals surface area contributed by atoms with Gasteiger partial charge in [0.15, 0.2) is 0 Å². The normalized spacial score (nSPS) is 24.8. The molecule has 0 amide bonds. The molecule has 1 aliphatic rings. The lowest BCUT2D eigenvalue weighted by atomic mass is 9.88. The third kappa shape index (κ3) is 3.07. The number of allylic oxidation sites excluding steroid dienone is 1. The Morgan fingerprint density at radius 3 is 2.83 bits per heavy atom. The standard InChI is InChI=1S/C10H17NO/c1-11(2)7-6-9-4-3-5-10(12)8-9/h6-7,9H,3-5,8H2,1-2H3/b7-6+. The molecule has 0 bridgehead atoms.